The van der Waals surface area contributed by atoms with Crippen LogP contribution in [0.3, 0.4) is 0 Å². The highest BCUT2D eigenvalue weighted by atomic mass is 16.4. The first-order chi connectivity index (χ1) is 11.5. The second-order valence-electron chi connectivity index (χ2n) is 6.74. The van der Waals surface area contributed by atoms with Gasteiger partial charge >= 0.3 is 5.97 Å². The van der Waals surface area contributed by atoms with E-state index >= 15 is 0 Å². The molecule has 24 heavy (non-hydrogen) atoms. The van der Waals surface area contributed by atoms with Crippen LogP contribution in [-0.4, -0.2) is 28.1 Å². The van der Waals surface area contributed by atoms with Crippen LogP contribution in [0.5, 0.6) is 0 Å². The number of carboxylic acid groups (broad SMARTS) is 1. The van der Waals surface area contributed by atoms with E-state index in [1.807, 2.05) is 18.2 Å². The van der Waals surface area contributed by atoms with E-state index in [2.05, 4.69) is 6.92 Å². The number of ketones is 1. The molecular weight excluding hydrogens is 304 g/mol. The molecule has 1 aliphatic rings. The van der Waals surface area contributed by atoms with Gasteiger partial charge in [0.1, 0.15) is 0 Å². The topological polar surface area (TPSA) is 74.6 Å². The van der Waals surface area contributed by atoms with E-state index < -0.39 is 12.1 Å². The van der Waals surface area contributed by atoms with Crippen molar-refractivity contribution < 1.29 is 19.8 Å². The molecule has 0 heterocycles. The summed E-state index contributed by atoms with van der Waals surface area (Å²) >= 11 is 0. The number of hydrogen-bond acceptors (Lipinski definition) is 3. The Hall–Kier alpha value is -1.42. The standard InChI is InChI=1S/C20H32O4/c1-2-3-6-9-17(21)14-12-16-13-15-19(22)18(16)10-7-4-5-8-11-20(23)24/h12-18,21H,2-11H2,1H3,(H,23,24)/b14-12+/t16-,17-,18+/m0/s1. The number of unbranched alkanes of at least 4 members (excludes halogenated alkanes) is 5. The molecular formula is C20H32O4. The largest absolute Gasteiger partial charge is 0.481 e. The minimum Gasteiger partial charge on any atom is -0.481 e. The summed E-state index contributed by atoms with van der Waals surface area (Å²) in [6.07, 6.45) is 15.7. The first-order valence-electron chi connectivity index (χ1n) is 9.34. The molecule has 0 saturated heterocycles. The summed E-state index contributed by atoms with van der Waals surface area (Å²) in [5, 5.41) is 18.6. The van der Waals surface area contributed by atoms with Crippen molar-refractivity contribution in [3.63, 3.8) is 0 Å². The Kier molecular flexibility index (Phi) is 10.3. The molecule has 0 saturated carbocycles. The van der Waals surface area contributed by atoms with Crippen LogP contribution in [-0.2, 0) is 9.59 Å². The number of carbonyl (C=O) groups excluding carboxylic acids is 1. The predicted octanol–water partition coefficient (Wildman–Crippen LogP) is 4.28. The molecule has 0 spiro atoms. The zero-order valence-electron chi connectivity index (χ0n) is 14.8. The molecule has 0 aromatic carbocycles. The van der Waals surface area contributed by atoms with E-state index in [9.17, 15) is 14.7 Å². The molecule has 0 aromatic heterocycles. The van der Waals surface area contributed by atoms with E-state index in [4.69, 9.17) is 5.11 Å². The fraction of sp³-hybridized carbons (Fsp3) is 0.700. The van der Waals surface area contributed by atoms with Crippen molar-refractivity contribution in [3.8, 4) is 0 Å². The third kappa shape index (κ3) is 8.44. The van der Waals surface area contributed by atoms with Gasteiger partial charge < -0.3 is 10.2 Å². The van der Waals surface area contributed by atoms with Crippen molar-refractivity contribution in [2.45, 2.75) is 77.2 Å². The Balaban J connectivity index is 2.29. The summed E-state index contributed by atoms with van der Waals surface area (Å²) in [7, 11) is 0. The Morgan fingerprint density at radius 1 is 1.21 bits per heavy atom. The van der Waals surface area contributed by atoms with Gasteiger partial charge in [0.2, 0.25) is 0 Å². The molecule has 0 unspecified atom stereocenters. The summed E-state index contributed by atoms with van der Waals surface area (Å²) in [4.78, 5) is 22.4. The fourth-order valence-electron chi connectivity index (χ4n) is 3.14. The molecule has 0 bridgehead atoms. The Morgan fingerprint density at radius 3 is 2.67 bits per heavy atom. The highest BCUT2D eigenvalue weighted by Gasteiger charge is 2.27. The number of aliphatic carboxylic acids is 1. The van der Waals surface area contributed by atoms with Crippen molar-refractivity contribution in [1.82, 2.24) is 0 Å². The van der Waals surface area contributed by atoms with Crippen LogP contribution in [0.4, 0.5) is 0 Å². The van der Waals surface area contributed by atoms with Gasteiger partial charge in [-0.25, -0.2) is 0 Å². The quantitative estimate of drug-likeness (QED) is 0.389. The zero-order valence-corrected chi connectivity index (χ0v) is 14.8. The molecule has 0 radical (unpaired) electrons. The summed E-state index contributed by atoms with van der Waals surface area (Å²) in [5.41, 5.74) is 0. The summed E-state index contributed by atoms with van der Waals surface area (Å²) in [6, 6.07) is 0. The molecule has 4 heteroatoms. The maximum atomic E-state index is 12.0. The van der Waals surface area contributed by atoms with Crippen LogP contribution in [0.2, 0.25) is 0 Å². The number of carboxylic acids is 1. The smallest absolute Gasteiger partial charge is 0.303 e. The number of allylic oxidation sites excluding steroid dienone is 3. The van der Waals surface area contributed by atoms with Crippen molar-refractivity contribution in [3.05, 3.63) is 24.3 Å². The van der Waals surface area contributed by atoms with E-state index in [0.717, 1.165) is 51.4 Å². The lowest BCUT2D eigenvalue weighted by molar-refractivity contribution is -0.137. The van der Waals surface area contributed by atoms with Gasteiger partial charge in [-0.2, -0.15) is 0 Å². The first kappa shape index (κ1) is 20.6. The second kappa shape index (κ2) is 12.0. The molecule has 0 aromatic rings. The third-order valence-electron chi connectivity index (χ3n) is 4.63. The minimum atomic E-state index is -0.743. The number of hydrogen-bond donors (Lipinski definition) is 2. The third-order valence-corrected chi connectivity index (χ3v) is 4.63. The lowest BCUT2D eigenvalue weighted by Gasteiger charge is -2.15. The molecule has 0 aliphatic heterocycles. The highest BCUT2D eigenvalue weighted by molar-refractivity contribution is 5.94. The van der Waals surface area contributed by atoms with Crippen LogP contribution in [0.15, 0.2) is 24.3 Å². The first-order valence-corrected chi connectivity index (χ1v) is 9.34. The van der Waals surface area contributed by atoms with Gasteiger partial charge in [0.15, 0.2) is 5.78 Å². The zero-order chi connectivity index (χ0) is 17.8. The van der Waals surface area contributed by atoms with Gasteiger partial charge in [0.05, 0.1) is 6.10 Å². The van der Waals surface area contributed by atoms with Crippen LogP contribution in [0.1, 0.15) is 71.1 Å². The van der Waals surface area contributed by atoms with Crippen molar-refractivity contribution in [1.29, 1.82) is 0 Å². The maximum absolute atomic E-state index is 12.0. The molecule has 1 rings (SSSR count). The molecule has 4 nitrogen and oxygen atoms in total. The summed E-state index contributed by atoms with van der Waals surface area (Å²) < 4.78 is 0. The summed E-state index contributed by atoms with van der Waals surface area (Å²) in [6.45, 7) is 2.14. The van der Waals surface area contributed by atoms with Gasteiger partial charge in [0, 0.05) is 18.3 Å². The maximum Gasteiger partial charge on any atom is 0.303 e. The molecule has 0 amide bonds. The average molecular weight is 336 g/mol. The second-order valence-corrected chi connectivity index (χ2v) is 6.74. The van der Waals surface area contributed by atoms with Gasteiger partial charge in [-0.05, 0) is 25.3 Å². The molecule has 0 fully saturated rings. The average Bonchev–Trinajstić information content (AvgIpc) is 2.89. The van der Waals surface area contributed by atoms with E-state index in [1.165, 1.54) is 0 Å². The monoisotopic (exact) mass is 336 g/mol. The van der Waals surface area contributed by atoms with Crippen molar-refractivity contribution in [2.75, 3.05) is 0 Å². The van der Waals surface area contributed by atoms with Gasteiger partial charge in [-0.3, -0.25) is 9.59 Å². The normalized spacial score (nSPS) is 21.7. The number of aliphatic hydroxyl groups is 1. The van der Waals surface area contributed by atoms with Crippen LogP contribution in [0.25, 0.3) is 0 Å². The van der Waals surface area contributed by atoms with Gasteiger partial charge in [-0.15, -0.1) is 0 Å². The van der Waals surface area contributed by atoms with Gasteiger partial charge in [0.25, 0.3) is 0 Å². The fourth-order valence-corrected chi connectivity index (χ4v) is 3.14. The highest BCUT2D eigenvalue weighted by Crippen LogP contribution is 2.29. The lowest BCUT2D eigenvalue weighted by Crippen LogP contribution is -2.15. The van der Waals surface area contributed by atoms with Crippen molar-refractivity contribution in [2.24, 2.45) is 11.8 Å². The number of carbonyl (C=O) groups is 2. The van der Waals surface area contributed by atoms with E-state index in [1.54, 1.807) is 6.08 Å². The Morgan fingerprint density at radius 2 is 1.96 bits per heavy atom. The van der Waals surface area contributed by atoms with E-state index in [0.29, 0.717) is 6.42 Å². The number of aliphatic hydroxyl groups excluding tert-OH is 1. The van der Waals surface area contributed by atoms with E-state index in [-0.39, 0.29) is 24.0 Å². The van der Waals surface area contributed by atoms with Crippen LogP contribution < -0.4 is 0 Å². The van der Waals surface area contributed by atoms with Gasteiger partial charge in [-0.1, -0.05) is 63.7 Å². The molecule has 1 aliphatic carbocycles. The number of rotatable bonds is 13. The van der Waals surface area contributed by atoms with Crippen LogP contribution in [0, 0.1) is 11.8 Å². The van der Waals surface area contributed by atoms with Crippen molar-refractivity contribution >= 4 is 11.8 Å². The van der Waals surface area contributed by atoms with Crippen LogP contribution >= 0.6 is 0 Å². The Bertz CT molecular complexity index is 439. The SMILES string of the molecule is CCCCC[C@H](O)/C=C/[C@H]1C=CC(=O)[C@@H]1CCCCCCC(=O)O. The molecule has 136 valence electrons. The molecule has 3 atom stereocenters. The summed E-state index contributed by atoms with van der Waals surface area (Å²) in [5.74, 6) is -0.482. The minimum absolute atomic E-state index is 0.0106. The molecule has 2 N–H and O–H groups in total. The Labute approximate surface area is 145 Å². The lowest BCUT2D eigenvalue weighted by atomic mass is 9.88. The predicted molar refractivity (Wildman–Crippen MR) is 95.8 cm³/mol.